The van der Waals surface area contributed by atoms with Gasteiger partial charge in [0, 0.05) is 31.0 Å². The summed E-state index contributed by atoms with van der Waals surface area (Å²) in [5.74, 6) is 0. The molecule has 1 aliphatic rings. The van der Waals surface area contributed by atoms with Crippen molar-refractivity contribution < 1.29 is 8.42 Å². The number of rotatable bonds is 6. The highest BCUT2D eigenvalue weighted by Crippen LogP contribution is 2.31. The number of hydrogen-bond donors (Lipinski definition) is 1. The molecule has 0 saturated heterocycles. The van der Waals surface area contributed by atoms with Gasteiger partial charge in [0.15, 0.2) is 0 Å². The smallest absolute Gasteiger partial charge is 0.211 e. The number of hydrogen-bond acceptors (Lipinski definition) is 4. The van der Waals surface area contributed by atoms with Crippen LogP contribution in [0.1, 0.15) is 23.2 Å². The third-order valence-electron chi connectivity index (χ3n) is 5.48. The predicted octanol–water partition coefficient (Wildman–Crippen LogP) is 3.19. The van der Waals surface area contributed by atoms with Crippen molar-refractivity contribution in [3.63, 3.8) is 0 Å². The molecule has 0 radical (unpaired) electrons. The molecule has 152 valence electrons. The average molecular weight is 411 g/mol. The zero-order valence-electron chi connectivity index (χ0n) is 16.5. The Kier molecular flexibility index (Phi) is 5.69. The molecular weight excluding hydrogens is 384 g/mol. The highest BCUT2D eigenvalue weighted by Gasteiger charge is 2.31. The summed E-state index contributed by atoms with van der Waals surface area (Å²) in [4.78, 5) is 9.67. The van der Waals surface area contributed by atoms with Crippen LogP contribution in [0.15, 0.2) is 67.1 Å². The first kappa shape index (κ1) is 19.7. The molecule has 29 heavy (non-hydrogen) atoms. The molecule has 3 aromatic rings. The molecular formula is C22H26N4O2S. The van der Waals surface area contributed by atoms with Gasteiger partial charge < -0.3 is 9.88 Å². The Hall–Kier alpha value is -2.64. The Labute approximate surface area is 172 Å². The third-order valence-corrected chi connectivity index (χ3v) is 6.69. The van der Waals surface area contributed by atoms with E-state index in [1.807, 2.05) is 42.6 Å². The van der Waals surface area contributed by atoms with Crippen molar-refractivity contribution >= 4 is 15.7 Å². The summed E-state index contributed by atoms with van der Waals surface area (Å²) in [5.41, 5.74) is 4.39. The number of para-hydroxylation sites is 1. The predicted molar refractivity (Wildman–Crippen MR) is 115 cm³/mol. The molecule has 6 nitrogen and oxygen atoms in total. The van der Waals surface area contributed by atoms with Gasteiger partial charge in [-0.3, -0.25) is 0 Å². The first-order chi connectivity index (χ1) is 14.0. The Morgan fingerprint density at radius 1 is 1.10 bits per heavy atom. The Balaban J connectivity index is 1.70. The lowest BCUT2D eigenvalue weighted by molar-refractivity contribution is 0.373. The summed E-state index contributed by atoms with van der Waals surface area (Å²) >= 11 is 0. The van der Waals surface area contributed by atoms with Crippen molar-refractivity contribution in [3.05, 3.63) is 83.9 Å². The van der Waals surface area contributed by atoms with Crippen LogP contribution in [-0.4, -0.2) is 41.5 Å². The third kappa shape index (κ3) is 4.68. The molecule has 2 aromatic carbocycles. The van der Waals surface area contributed by atoms with E-state index in [9.17, 15) is 8.42 Å². The first-order valence-electron chi connectivity index (χ1n) is 9.81. The number of anilines is 1. The fourth-order valence-electron chi connectivity index (χ4n) is 3.96. The molecule has 4 rings (SSSR count). The standard InChI is InChI=1S/C22H26N4O2S/c1-29(27,28)25-14-19-9-5-6-10-22(19)26(15-20-13-23-17-24-20)21(16-25)12-11-18-7-3-2-4-8-18/h2-10,13,17,21H,11-12,14-16H2,1H3,(H,23,24). The Bertz CT molecular complexity index is 1040. The van der Waals surface area contributed by atoms with Crippen molar-refractivity contribution in [2.24, 2.45) is 0 Å². The maximum atomic E-state index is 12.5. The summed E-state index contributed by atoms with van der Waals surface area (Å²) in [7, 11) is -3.31. The van der Waals surface area contributed by atoms with Gasteiger partial charge in [-0.1, -0.05) is 48.5 Å². The van der Waals surface area contributed by atoms with Crippen molar-refractivity contribution in [3.8, 4) is 0 Å². The van der Waals surface area contributed by atoms with Crippen molar-refractivity contribution in [2.45, 2.75) is 32.0 Å². The Morgan fingerprint density at radius 3 is 2.59 bits per heavy atom. The quantitative estimate of drug-likeness (QED) is 0.678. The van der Waals surface area contributed by atoms with Gasteiger partial charge in [-0.25, -0.2) is 13.4 Å². The highest BCUT2D eigenvalue weighted by molar-refractivity contribution is 7.88. The lowest BCUT2D eigenvalue weighted by Gasteiger charge is -2.33. The largest absolute Gasteiger partial charge is 0.361 e. The van der Waals surface area contributed by atoms with Crippen LogP contribution in [0.2, 0.25) is 0 Å². The number of aromatic amines is 1. The second kappa shape index (κ2) is 8.39. The van der Waals surface area contributed by atoms with Gasteiger partial charge in [-0.2, -0.15) is 4.31 Å². The van der Waals surface area contributed by atoms with E-state index >= 15 is 0 Å². The topological polar surface area (TPSA) is 69.3 Å². The van der Waals surface area contributed by atoms with E-state index in [-0.39, 0.29) is 6.04 Å². The minimum Gasteiger partial charge on any atom is -0.361 e. The number of H-pyrrole nitrogens is 1. The van der Waals surface area contributed by atoms with Crippen LogP contribution in [0, 0.1) is 0 Å². The van der Waals surface area contributed by atoms with Crippen molar-refractivity contribution in [1.29, 1.82) is 0 Å². The first-order valence-corrected chi connectivity index (χ1v) is 11.7. The molecule has 1 aliphatic heterocycles. The van der Waals surface area contributed by atoms with Crippen LogP contribution in [-0.2, 0) is 29.5 Å². The van der Waals surface area contributed by atoms with Gasteiger partial charge in [0.25, 0.3) is 0 Å². The van der Waals surface area contributed by atoms with Crippen LogP contribution in [0.5, 0.6) is 0 Å². The van der Waals surface area contributed by atoms with E-state index in [0.29, 0.717) is 19.6 Å². The zero-order chi connectivity index (χ0) is 20.3. The number of imidazole rings is 1. The molecule has 1 atom stereocenters. The van der Waals surface area contributed by atoms with E-state index in [2.05, 4.69) is 33.1 Å². The molecule has 1 unspecified atom stereocenters. The summed E-state index contributed by atoms with van der Waals surface area (Å²) in [6, 6.07) is 18.5. The molecule has 0 amide bonds. The SMILES string of the molecule is CS(=O)(=O)N1Cc2ccccc2N(Cc2cnc[nH]2)C(CCc2ccccc2)C1. The number of sulfonamides is 1. The van der Waals surface area contributed by atoms with Crippen LogP contribution >= 0.6 is 0 Å². The second-order valence-corrected chi connectivity index (χ2v) is 9.55. The van der Waals surface area contributed by atoms with Crippen LogP contribution in [0.25, 0.3) is 0 Å². The molecule has 1 N–H and O–H groups in total. The molecule has 7 heteroatoms. The summed E-state index contributed by atoms with van der Waals surface area (Å²) in [5, 5.41) is 0. The summed E-state index contributed by atoms with van der Waals surface area (Å²) in [6.07, 6.45) is 6.56. The van der Waals surface area contributed by atoms with E-state index in [4.69, 9.17) is 0 Å². The van der Waals surface area contributed by atoms with Crippen LogP contribution in [0.3, 0.4) is 0 Å². The molecule has 0 saturated carbocycles. The molecule has 0 aliphatic carbocycles. The van der Waals surface area contributed by atoms with Crippen molar-refractivity contribution in [2.75, 3.05) is 17.7 Å². The zero-order valence-corrected chi connectivity index (χ0v) is 17.3. The van der Waals surface area contributed by atoms with Gasteiger partial charge in [-0.15, -0.1) is 0 Å². The Morgan fingerprint density at radius 2 is 1.86 bits per heavy atom. The molecule has 2 heterocycles. The van der Waals surface area contributed by atoms with E-state index in [1.165, 1.54) is 11.8 Å². The molecule has 0 spiro atoms. The number of nitrogens with one attached hydrogen (secondary N) is 1. The molecule has 0 fully saturated rings. The summed E-state index contributed by atoms with van der Waals surface area (Å²) < 4.78 is 26.6. The van der Waals surface area contributed by atoms with Gasteiger partial charge in [0.1, 0.15) is 0 Å². The average Bonchev–Trinajstić information content (AvgIpc) is 3.16. The van der Waals surface area contributed by atoms with Gasteiger partial charge in [-0.05, 0) is 30.0 Å². The number of aromatic nitrogens is 2. The normalized spacial score (nSPS) is 17.7. The summed E-state index contributed by atoms with van der Waals surface area (Å²) in [6.45, 7) is 1.53. The number of benzene rings is 2. The minimum atomic E-state index is -3.31. The molecule has 0 bridgehead atoms. The highest BCUT2D eigenvalue weighted by atomic mass is 32.2. The molecule has 1 aromatic heterocycles. The van der Waals surface area contributed by atoms with E-state index < -0.39 is 10.0 Å². The second-order valence-electron chi connectivity index (χ2n) is 7.57. The minimum absolute atomic E-state index is 0.0527. The van der Waals surface area contributed by atoms with Crippen molar-refractivity contribution in [1.82, 2.24) is 14.3 Å². The van der Waals surface area contributed by atoms with E-state index in [0.717, 1.165) is 29.8 Å². The number of nitrogens with zero attached hydrogens (tertiary/aromatic N) is 3. The van der Waals surface area contributed by atoms with Crippen LogP contribution in [0.4, 0.5) is 5.69 Å². The maximum Gasteiger partial charge on any atom is 0.211 e. The van der Waals surface area contributed by atoms with Gasteiger partial charge in [0.05, 0.1) is 24.8 Å². The lowest BCUT2D eigenvalue weighted by Crippen LogP contribution is -2.43. The maximum absolute atomic E-state index is 12.5. The lowest BCUT2D eigenvalue weighted by atomic mass is 10.0. The number of fused-ring (bicyclic) bond motifs is 1. The van der Waals surface area contributed by atoms with Gasteiger partial charge >= 0.3 is 0 Å². The number of aryl methyl sites for hydroxylation is 1. The monoisotopic (exact) mass is 410 g/mol. The van der Waals surface area contributed by atoms with E-state index in [1.54, 1.807) is 10.6 Å². The fourth-order valence-corrected chi connectivity index (χ4v) is 4.77. The fraction of sp³-hybridized carbons (Fsp3) is 0.318. The van der Waals surface area contributed by atoms with Gasteiger partial charge in [0.2, 0.25) is 10.0 Å². The van der Waals surface area contributed by atoms with Crippen LogP contribution < -0.4 is 4.90 Å².